The van der Waals surface area contributed by atoms with Gasteiger partial charge in [0.25, 0.3) is 5.91 Å². The second kappa shape index (κ2) is 7.02. The molecule has 0 aliphatic heterocycles. The largest absolute Gasteiger partial charge is 0.392 e. The van der Waals surface area contributed by atoms with Gasteiger partial charge in [-0.1, -0.05) is 12.1 Å². The molecule has 2 aromatic carbocycles. The second-order valence-electron chi connectivity index (χ2n) is 5.14. The number of benzene rings is 2. The van der Waals surface area contributed by atoms with Crippen molar-refractivity contribution < 1.29 is 19.1 Å². The first-order chi connectivity index (χ1) is 10.9. The average Bonchev–Trinajstić information content (AvgIpc) is 2.50. The molecule has 2 aromatic rings. The Morgan fingerprint density at radius 3 is 2.52 bits per heavy atom. The molecule has 0 bridgehead atoms. The zero-order chi connectivity index (χ0) is 17.0. The topological polar surface area (TPSA) is 78.4 Å². The Bertz CT molecular complexity index is 759. The fourth-order valence-electron chi connectivity index (χ4n) is 2.07. The molecule has 6 heteroatoms. The molecule has 0 spiro atoms. The van der Waals surface area contributed by atoms with E-state index in [0.29, 0.717) is 16.9 Å². The summed E-state index contributed by atoms with van der Waals surface area (Å²) in [5.74, 6) is -1.63. The first-order valence-electron chi connectivity index (χ1n) is 6.99. The minimum absolute atomic E-state index is 0.157. The molecule has 0 aromatic heterocycles. The van der Waals surface area contributed by atoms with Crippen molar-refractivity contribution in [3.8, 4) is 0 Å². The number of aryl methyl sites for hydroxylation is 1. The highest BCUT2D eigenvalue weighted by Crippen LogP contribution is 2.20. The van der Waals surface area contributed by atoms with Crippen LogP contribution in [0.1, 0.15) is 28.4 Å². The van der Waals surface area contributed by atoms with Gasteiger partial charge in [-0.2, -0.15) is 0 Å². The molecule has 0 fully saturated rings. The third-order valence-electron chi connectivity index (χ3n) is 3.26. The summed E-state index contributed by atoms with van der Waals surface area (Å²) < 4.78 is 13.9. The molecule has 0 radical (unpaired) electrons. The lowest BCUT2D eigenvalue weighted by Crippen LogP contribution is -2.16. The Balaban J connectivity index is 2.28. The van der Waals surface area contributed by atoms with Gasteiger partial charge in [-0.15, -0.1) is 0 Å². The summed E-state index contributed by atoms with van der Waals surface area (Å²) >= 11 is 0. The molecular weight excluding hydrogens is 299 g/mol. The highest BCUT2D eigenvalue weighted by molar-refractivity contribution is 6.05. The van der Waals surface area contributed by atoms with Gasteiger partial charge in [-0.05, 0) is 42.3 Å². The van der Waals surface area contributed by atoms with Gasteiger partial charge in [0.05, 0.1) is 12.2 Å². The molecule has 3 N–H and O–H groups in total. The number of rotatable bonds is 4. The summed E-state index contributed by atoms with van der Waals surface area (Å²) in [6, 6.07) is 8.90. The normalized spacial score (nSPS) is 10.3. The van der Waals surface area contributed by atoms with Gasteiger partial charge in [0.2, 0.25) is 5.91 Å². The summed E-state index contributed by atoms with van der Waals surface area (Å²) in [6.07, 6.45) is 0. The number of amides is 2. The lowest BCUT2D eigenvalue weighted by Gasteiger charge is -2.11. The van der Waals surface area contributed by atoms with E-state index >= 15 is 0 Å². The lowest BCUT2D eigenvalue weighted by molar-refractivity contribution is -0.114. The third kappa shape index (κ3) is 4.14. The van der Waals surface area contributed by atoms with Crippen molar-refractivity contribution in [3.05, 3.63) is 58.9 Å². The van der Waals surface area contributed by atoms with Gasteiger partial charge < -0.3 is 15.7 Å². The van der Waals surface area contributed by atoms with Crippen molar-refractivity contribution >= 4 is 23.2 Å². The van der Waals surface area contributed by atoms with Gasteiger partial charge in [-0.25, -0.2) is 4.39 Å². The minimum atomic E-state index is -0.687. The molecule has 0 unspecified atom stereocenters. The smallest absolute Gasteiger partial charge is 0.258 e. The number of aliphatic hydroxyl groups excluding tert-OH is 1. The van der Waals surface area contributed by atoms with Crippen LogP contribution in [0, 0.1) is 12.7 Å². The molecule has 2 amide bonds. The first-order valence-corrected chi connectivity index (χ1v) is 6.99. The summed E-state index contributed by atoms with van der Waals surface area (Å²) in [4.78, 5) is 23.4. The van der Waals surface area contributed by atoms with Crippen LogP contribution in [-0.2, 0) is 11.4 Å². The van der Waals surface area contributed by atoms with E-state index in [9.17, 15) is 14.0 Å². The Morgan fingerprint density at radius 2 is 1.87 bits per heavy atom. The summed E-state index contributed by atoms with van der Waals surface area (Å²) in [6.45, 7) is 2.96. The molecular formula is C17H17FN2O3. The van der Waals surface area contributed by atoms with E-state index in [1.165, 1.54) is 19.1 Å². The van der Waals surface area contributed by atoms with Crippen LogP contribution in [0.25, 0.3) is 0 Å². The van der Waals surface area contributed by atoms with Crippen LogP contribution >= 0.6 is 0 Å². The molecule has 0 atom stereocenters. The summed E-state index contributed by atoms with van der Waals surface area (Å²) in [5.41, 5.74) is 2.08. The van der Waals surface area contributed by atoms with Crippen LogP contribution in [0.4, 0.5) is 15.8 Å². The van der Waals surface area contributed by atoms with E-state index in [2.05, 4.69) is 10.6 Å². The van der Waals surface area contributed by atoms with E-state index < -0.39 is 11.7 Å². The second-order valence-corrected chi connectivity index (χ2v) is 5.14. The maximum Gasteiger partial charge on any atom is 0.258 e. The van der Waals surface area contributed by atoms with Crippen LogP contribution in [0.2, 0.25) is 0 Å². The van der Waals surface area contributed by atoms with Crippen LogP contribution in [-0.4, -0.2) is 16.9 Å². The molecule has 0 saturated carbocycles. The number of carbonyl (C=O) groups is 2. The molecule has 0 saturated heterocycles. The van der Waals surface area contributed by atoms with E-state index in [0.717, 1.165) is 11.6 Å². The highest BCUT2D eigenvalue weighted by Gasteiger charge is 2.14. The van der Waals surface area contributed by atoms with E-state index in [4.69, 9.17) is 5.11 Å². The summed E-state index contributed by atoms with van der Waals surface area (Å²) in [5, 5.41) is 14.3. The van der Waals surface area contributed by atoms with Crippen molar-refractivity contribution in [1.29, 1.82) is 0 Å². The molecule has 5 nitrogen and oxygen atoms in total. The van der Waals surface area contributed by atoms with Crippen LogP contribution in [0.3, 0.4) is 0 Å². The standard InChI is InChI=1S/C17H17FN2O3/c1-10-3-4-12(9-21)7-16(10)20-17(23)14-8-13(19-11(2)22)5-6-15(14)18/h3-8,21H,9H2,1-2H3,(H,19,22)(H,20,23). The van der Waals surface area contributed by atoms with Gasteiger partial charge in [0.1, 0.15) is 5.82 Å². The van der Waals surface area contributed by atoms with E-state index in [-0.39, 0.29) is 18.1 Å². The van der Waals surface area contributed by atoms with Crippen molar-refractivity contribution in [2.75, 3.05) is 10.6 Å². The monoisotopic (exact) mass is 316 g/mol. The van der Waals surface area contributed by atoms with Crippen molar-refractivity contribution in [3.63, 3.8) is 0 Å². The number of carbonyl (C=O) groups excluding carboxylic acids is 2. The quantitative estimate of drug-likeness (QED) is 0.811. The first kappa shape index (κ1) is 16.6. The lowest BCUT2D eigenvalue weighted by atomic mass is 10.1. The number of hydrogen-bond donors (Lipinski definition) is 3. The molecule has 0 heterocycles. The molecule has 0 aliphatic rings. The van der Waals surface area contributed by atoms with Gasteiger partial charge in [-0.3, -0.25) is 9.59 Å². The molecule has 120 valence electrons. The Labute approximate surface area is 133 Å². The van der Waals surface area contributed by atoms with Crippen molar-refractivity contribution in [1.82, 2.24) is 0 Å². The van der Waals surface area contributed by atoms with Crippen molar-refractivity contribution in [2.45, 2.75) is 20.5 Å². The number of nitrogens with one attached hydrogen (secondary N) is 2. The number of halogens is 1. The third-order valence-corrected chi connectivity index (χ3v) is 3.26. The summed E-state index contributed by atoms with van der Waals surface area (Å²) in [7, 11) is 0. The Hall–Kier alpha value is -2.73. The fraction of sp³-hybridized carbons (Fsp3) is 0.176. The Kier molecular flexibility index (Phi) is 5.08. The zero-order valence-electron chi connectivity index (χ0n) is 12.8. The molecule has 23 heavy (non-hydrogen) atoms. The van der Waals surface area contributed by atoms with Gasteiger partial charge in [0, 0.05) is 18.3 Å². The Morgan fingerprint density at radius 1 is 1.13 bits per heavy atom. The average molecular weight is 316 g/mol. The number of aliphatic hydroxyl groups is 1. The van der Waals surface area contributed by atoms with E-state index in [1.54, 1.807) is 25.1 Å². The van der Waals surface area contributed by atoms with Crippen LogP contribution in [0.5, 0.6) is 0 Å². The van der Waals surface area contributed by atoms with Crippen LogP contribution in [0.15, 0.2) is 36.4 Å². The number of hydrogen-bond acceptors (Lipinski definition) is 3. The predicted octanol–water partition coefficient (Wildman–Crippen LogP) is 2.84. The maximum atomic E-state index is 13.9. The van der Waals surface area contributed by atoms with E-state index in [1.807, 2.05) is 0 Å². The molecule has 0 aliphatic carbocycles. The fourth-order valence-corrected chi connectivity index (χ4v) is 2.07. The highest BCUT2D eigenvalue weighted by atomic mass is 19.1. The SMILES string of the molecule is CC(=O)Nc1ccc(F)c(C(=O)Nc2cc(CO)ccc2C)c1. The van der Waals surface area contributed by atoms with Gasteiger partial charge in [0.15, 0.2) is 0 Å². The maximum absolute atomic E-state index is 13.9. The predicted molar refractivity (Wildman–Crippen MR) is 85.8 cm³/mol. The van der Waals surface area contributed by atoms with Crippen LogP contribution < -0.4 is 10.6 Å². The zero-order valence-corrected chi connectivity index (χ0v) is 12.8. The van der Waals surface area contributed by atoms with Crippen molar-refractivity contribution in [2.24, 2.45) is 0 Å². The molecule has 2 rings (SSSR count). The number of anilines is 2. The minimum Gasteiger partial charge on any atom is -0.392 e. The van der Waals surface area contributed by atoms with Gasteiger partial charge >= 0.3 is 0 Å².